The lowest BCUT2D eigenvalue weighted by molar-refractivity contribution is -0.127. The second-order valence-corrected chi connectivity index (χ2v) is 14.6. The van der Waals surface area contributed by atoms with Crippen LogP contribution >= 0.6 is 45.3 Å². The van der Waals surface area contributed by atoms with Gasteiger partial charge in [-0.1, -0.05) is 30.3 Å². The fourth-order valence-electron chi connectivity index (χ4n) is 4.52. The maximum atomic E-state index is 13.2. The van der Waals surface area contributed by atoms with Crippen LogP contribution < -0.4 is 9.47 Å². The smallest absolute Gasteiger partial charge is 0.412 e. The molecule has 1 unspecified atom stereocenters. The molecule has 0 radical (unpaired) electrons. The number of rotatable bonds is 21. The minimum atomic E-state index is -0.936. The average molecular weight is 758 g/mol. The van der Waals surface area contributed by atoms with Crippen molar-refractivity contribution >= 4 is 57.5 Å². The fourth-order valence-corrected chi connectivity index (χ4v) is 7.40. The summed E-state index contributed by atoms with van der Waals surface area (Å²) in [4.78, 5) is 38.0. The van der Waals surface area contributed by atoms with Crippen LogP contribution in [0.25, 0.3) is 0 Å². The Balaban J connectivity index is 1.01. The van der Waals surface area contributed by atoms with Crippen LogP contribution in [0.5, 0.6) is 11.8 Å². The first-order valence-corrected chi connectivity index (χ1v) is 19.5. The average Bonchev–Trinajstić information content (AvgIpc) is 3.97. The SMILES string of the molecule is CCOC(COc1cccc(OCCOCCOC(=O)N(Cc2cccs2)Cc2cccs2)n1)OC(=O)N(Cc1cccs1)Cc1cccs1. The summed E-state index contributed by atoms with van der Waals surface area (Å²) in [7, 11) is 0. The van der Waals surface area contributed by atoms with Gasteiger partial charge in [0.25, 0.3) is 0 Å². The van der Waals surface area contributed by atoms with Gasteiger partial charge in [-0.3, -0.25) is 9.80 Å². The van der Waals surface area contributed by atoms with Crippen LogP contribution in [0.3, 0.4) is 0 Å². The van der Waals surface area contributed by atoms with Crippen molar-refractivity contribution in [2.45, 2.75) is 39.4 Å². The molecule has 0 bridgehead atoms. The first-order valence-electron chi connectivity index (χ1n) is 15.9. The van der Waals surface area contributed by atoms with E-state index in [1.807, 2.05) is 77.0 Å². The van der Waals surface area contributed by atoms with E-state index in [9.17, 15) is 9.59 Å². The highest BCUT2D eigenvalue weighted by Gasteiger charge is 2.23. The predicted octanol–water partition coefficient (Wildman–Crippen LogP) is 8.14. The minimum Gasteiger partial charge on any atom is -0.475 e. The van der Waals surface area contributed by atoms with Gasteiger partial charge in [0.2, 0.25) is 18.1 Å². The van der Waals surface area contributed by atoms with Gasteiger partial charge < -0.3 is 28.4 Å². The molecule has 2 amide bonds. The number of hydrogen-bond acceptors (Lipinski definition) is 13. The van der Waals surface area contributed by atoms with Gasteiger partial charge in [-0.15, -0.1) is 45.3 Å². The molecule has 5 aromatic rings. The standard InChI is InChI=1S/C35H39N3O8S4/c1-2-42-33(46-35(40)38(24-29-10-6-20-49-29)25-30-11-7-21-50-30)26-45-32-13-3-12-31(36-32)43-16-14-41-15-17-44-34(39)37(22-27-8-4-18-47-27)23-28-9-5-19-48-28/h3-13,18-21,33H,2,14-17,22-26H2,1H3. The Hall–Kier alpha value is -3.99. The molecule has 0 saturated heterocycles. The quantitative estimate of drug-likeness (QED) is 0.0542. The molecule has 1 atom stereocenters. The molecule has 5 aromatic heterocycles. The van der Waals surface area contributed by atoms with E-state index < -0.39 is 12.4 Å². The van der Waals surface area contributed by atoms with E-state index in [1.54, 1.807) is 73.3 Å². The zero-order valence-corrected chi connectivity index (χ0v) is 30.8. The number of carbonyl (C=O) groups is 2. The minimum absolute atomic E-state index is 0.0538. The van der Waals surface area contributed by atoms with Gasteiger partial charge in [-0.25, -0.2) is 9.59 Å². The second-order valence-electron chi connectivity index (χ2n) is 10.5. The van der Waals surface area contributed by atoms with E-state index in [1.165, 1.54) is 0 Å². The first kappa shape index (κ1) is 37.3. The van der Waals surface area contributed by atoms with Crippen LogP contribution in [0.1, 0.15) is 26.4 Å². The zero-order chi connectivity index (χ0) is 34.8. The summed E-state index contributed by atoms with van der Waals surface area (Å²) in [6.45, 7) is 4.78. The van der Waals surface area contributed by atoms with Crippen molar-refractivity contribution in [2.75, 3.05) is 39.6 Å². The predicted molar refractivity (Wildman–Crippen MR) is 195 cm³/mol. The molecule has 0 aromatic carbocycles. The third-order valence-electron chi connectivity index (χ3n) is 6.80. The molecule has 0 aliphatic rings. The molecular formula is C35H39N3O8S4. The van der Waals surface area contributed by atoms with Crippen LogP contribution in [0.15, 0.2) is 88.3 Å². The summed E-state index contributed by atoms with van der Waals surface area (Å²) in [5.74, 6) is 0.637. The lowest BCUT2D eigenvalue weighted by atomic mass is 10.4. The number of hydrogen-bond donors (Lipinski definition) is 0. The van der Waals surface area contributed by atoms with E-state index in [4.69, 9.17) is 28.4 Å². The zero-order valence-electron chi connectivity index (χ0n) is 27.5. The van der Waals surface area contributed by atoms with Crippen molar-refractivity contribution in [3.63, 3.8) is 0 Å². The normalized spacial score (nSPS) is 11.5. The van der Waals surface area contributed by atoms with Crippen LogP contribution in [-0.4, -0.2) is 72.9 Å². The molecule has 0 fully saturated rings. The number of amides is 2. The number of pyridine rings is 1. The Labute approximate surface area is 307 Å². The highest BCUT2D eigenvalue weighted by atomic mass is 32.1. The number of nitrogens with zero attached hydrogens (tertiary/aromatic N) is 3. The summed E-state index contributed by atoms with van der Waals surface area (Å²) in [6, 6.07) is 21.0. The molecule has 5 heterocycles. The molecule has 0 N–H and O–H groups in total. The van der Waals surface area contributed by atoms with Crippen LogP contribution in [0, 0.1) is 0 Å². The summed E-state index contributed by atoms with van der Waals surface area (Å²) < 4.78 is 34.1. The molecule has 266 valence electrons. The van der Waals surface area contributed by atoms with E-state index in [2.05, 4.69) is 4.98 Å². The maximum absolute atomic E-state index is 13.2. The van der Waals surface area contributed by atoms with E-state index in [0.29, 0.717) is 44.5 Å². The second kappa shape index (κ2) is 20.6. The Morgan fingerprint density at radius 3 is 1.64 bits per heavy atom. The number of thiophene rings is 4. The third-order valence-corrected chi connectivity index (χ3v) is 10.2. The summed E-state index contributed by atoms with van der Waals surface area (Å²) in [5.41, 5.74) is 0. The first-order chi connectivity index (χ1) is 24.6. The monoisotopic (exact) mass is 757 g/mol. The topological polar surface area (TPSA) is 109 Å². The number of ether oxygens (including phenoxy) is 6. The summed E-state index contributed by atoms with van der Waals surface area (Å²) >= 11 is 6.38. The van der Waals surface area contributed by atoms with Crippen molar-refractivity contribution in [1.29, 1.82) is 0 Å². The van der Waals surface area contributed by atoms with Crippen molar-refractivity contribution in [1.82, 2.24) is 14.8 Å². The molecule has 0 spiro atoms. The van der Waals surface area contributed by atoms with Crippen LogP contribution in [-0.2, 0) is 45.1 Å². The number of carbonyl (C=O) groups excluding carboxylic acids is 2. The Morgan fingerprint density at radius 1 is 0.640 bits per heavy atom. The van der Waals surface area contributed by atoms with Crippen molar-refractivity contribution in [3.05, 3.63) is 108 Å². The van der Waals surface area contributed by atoms with Gasteiger partial charge in [0, 0.05) is 38.2 Å². The van der Waals surface area contributed by atoms with Gasteiger partial charge in [0.1, 0.15) is 13.2 Å². The van der Waals surface area contributed by atoms with Gasteiger partial charge in [0.15, 0.2) is 6.61 Å². The van der Waals surface area contributed by atoms with Gasteiger partial charge >= 0.3 is 12.2 Å². The molecule has 0 aliphatic carbocycles. The maximum Gasteiger partial charge on any atom is 0.412 e. The lowest BCUT2D eigenvalue weighted by Gasteiger charge is -2.25. The molecular weight excluding hydrogens is 719 g/mol. The largest absolute Gasteiger partial charge is 0.475 e. The molecule has 0 saturated carbocycles. The molecule has 0 aliphatic heterocycles. The van der Waals surface area contributed by atoms with E-state index >= 15 is 0 Å². The highest BCUT2D eigenvalue weighted by molar-refractivity contribution is 7.10. The fraction of sp³-hybridized carbons (Fsp3) is 0.343. The summed E-state index contributed by atoms with van der Waals surface area (Å²) in [6.07, 6.45) is -1.82. The summed E-state index contributed by atoms with van der Waals surface area (Å²) in [5, 5.41) is 7.94. The Kier molecular flexibility index (Phi) is 15.4. The van der Waals surface area contributed by atoms with Gasteiger partial charge in [-0.2, -0.15) is 4.98 Å². The lowest BCUT2D eigenvalue weighted by Crippen LogP contribution is -2.36. The van der Waals surface area contributed by atoms with E-state index in [-0.39, 0.29) is 39.1 Å². The number of aromatic nitrogens is 1. The Bertz CT molecular complexity index is 1580. The van der Waals surface area contributed by atoms with Gasteiger partial charge in [0.05, 0.1) is 39.4 Å². The third kappa shape index (κ3) is 12.7. The van der Waals surface area contributed by atoms with Crippen molar-refractivity contribution < 1.29 is 38.0 Å². The van der Waals surface area contributed by atoms with E-state index in [0.717, 1.165) is 19.5 Å². The van der Waals surface area contributed by atoms with Crippen LogP contribution in [0.4, 0.5) is 9.59 Å². The molecule has 50 heavy (non-hydrogen) atoms. The van der Waals surface area contributed by atoms with Crippen molar-refractivity contribution in [2.24, 2.45) is 0 Å². The van der Waals surface area contributed by atoms with Gasteiger partial charge in [-0.05, 0) is 52.7 Å². The molecule has 11 nitrogen and oxygen atoms in total. The molecule has 5 rings (SSSR count). The van der Waals surface area contributed by atoms with Crippen molar-refractivity contribution in [3.8, 4) is 11.8 Å². The molecule has 15 heteroatoms. The van der Waals surface area contributed by atoms with Crippen LogP contribution in [0.2, 0.25) is 0 Å². The highest BCUT2D eigenvalue weighted by Crippen LogP contribution is 2.21. The Morgan fingerprint density at radius 2 is 1.14 bits per heavy atom.